The number of urea groups is 1. The monoisotopic (exact) mass is 359 g/mol. The van der Waals surface area contributed by atoms with Crippen molar-refractivity contribution in [2.24, 2.45) is 5.92 Å². The molecule has 0 spiro atoms. The molecule has 3 rings (SSSR count). The van der Waals surface area contributed by atoms with Gasteiger partial charge in [0.25, 0.3) is 0 Å². The van der Waals surface area contributed by atoms with Crippen molar-refractivity contribution in [2.75, 3.05) is 23.3 Å². The summed E-state index contributed by atoms with van der Waals surface area (Å²) in [5, 5.41) is 15.0. The number of carbonyl (C=O) groups excluding carboxylic acids is 1. The van der Waals surface area contributed by atoms with Gasteiger partial charge >= 0.3 is 12.0 Å². The number of hydrogen-bond donors (Lipinski definition) is 3. The summed E-state index contributed by atoms with van der Waals surface area (Å²) in [6.07, 6.45) is 7.72. The van der Waals surface area contributed by atoms with Crippen LogP contribution >= 0.6 is 0 Å². The van der Waals surface area contributed by atoms with E-state index in [0.717, 1.165) is 37.3 Å². The third-order valence-corrected chi connectivity index (χ3v) is 5.49. The van der Waals surface area contributed by atoms with Gasteiger partial charge in [0.15, 0.2) is 0 Å². The van der Waals surface area contributed by atoms with Crippen molar-refractivity contribution in [1.82, 2.24) is 5.32 Å². The Morgan fingerprint density at radius 1 is 1.00 bits per heavy atom. The van der Waals surface area contributed by atoms with Crippen molar-refractivity contribution in [3.8, 4) is 0 Å². The van der Waals surface area contributed by atoms with E-state index in [2.05, 4.69) is 21.6 Å². The number of carboxylic acid groups (broad SMARTS) is 1. The van der Waals surface area contributed by atoms with Crippen LogP contribution in [-0.4, -0.2) is 36.2 Å². The number of amides is 2. The minimum atomic E-state index is -0.724. The van der Waals surface area contributed by atoms with Crippen molar-refractivity contribution >= 4 is 23.4 Å². The predicted molar refractivity (Wildman–Crippen MR) is 103 cm³/mol. The number of hydrogen-bond acceptors (Lipinski definition) is 3. The van der Waals surface area contributed by atoms with Gasteiger partial charge < -0.3 is 20.6 Å². The zero-order chi connectivity index (χ0) is 18.4. The number of anilines is 2. The first-order chi connectivity index (χ1) is 12.6. The minimum absolute atomic E-state index is 0.0550. The standard InChI is InChI=1S/C20H29N3O3/c24-19(25)15-8-10-16(11-9-15)21-20(26)22-17-6-5-7-18(14-17)23-12-3-1-2-4-13-23/h5-7,14-16H,1-4,8-13H2,(H,24,25)(H2,21,22,26). The van der Waals surface area contributed by atoms with E-state index in [0.29, 0.717) is 12.8 Å². The second-order valence-corrected chi connectivity index (χ2v) is 7.44. The molecule has 0 atom stereocenters. The molecule has 1 saturated heterocycles. The molecule has 0 unspecified atom stereocenters. The lowest BCUT2D eigenvalue weighted by atomic mass is 9.86. The molecule has 1 aromatic rings. The summed E-state index contributed by atoms with van der Waals surface area (Å²) in [4.78, 5) is 25.7. The fourth-order valence-corrected chi connectivity index (χ4v) is 3.95. The molecule has 0 aromatic heterocycles. The van der Waals surface area contributed by atoms with E-state index in [-0.39, 0.29) is 18.0 Å². The van der Waals surface area contributed by atoms with E-state index >= 15 is 0 Å². The third-order valence-electron chi connectivity index (χ3n) is 5.49. The summed E-state index contributed by atoms with van der Waals surface area (Å²) in [6, 6.07) is 7.86. The zero-order valence-corrected chi connectivity index (χ0v) is 15.2. The molecule has 2 amide bonds. The molecule has 1 heterocycles. The normalized spacial score (nSPS) is 23.8. The summed E-state index contributed by atoms with van der Waals surface area (Å²) in [6.45, 7) is 2.14. The smallest absolute Gasteiger partial charge is 0.319 e. The molecular formula is C20H29N3O3. The predicted octanol–water partition coefficient (Wildman–Crippen LogP) is 3.83. The van der Waals surface area contributed by atoms with E-state index in [1.165, 1.54) is 25.7 Å². The SMILES string of the molecule is O=C(Nc1cccc(N2CCCCCC2)c1)NC1CCC(C(=O)O)CC1. The Kier molecular flexibility index (Phi) is 6.36. The van der Waals surface area contributed by atoms with Gasteiger partial charge in [-0.3, -0.25) is 4.79 Å². The minimum Gasteiger partial charge on any atom is -0.481 e. The highest BCUT2D eigenvalue weighted by atomic mass is 16.4. The molecule has 0 bridgehead atoms. The molecular weight excluding hydrogens is 330 g/mol. The number of nitrogens with zero attached hydrogens (tertiary/aromatic N) is 1. The molecule has 6 nitrogen and oxygen atoms in total. The average Bonchev–Trinajstić information content (AvgIpc) is 2.92. The summed E-state index contributed by atoms with van der Waals surface area (Å²) in [5.74, 6) is -0.986. The van der Waals surface area contributed by atoms with Crippen LogP contribution in [0.5, 0.6) is 0 Å². The summed E-state index contributed by atoms with van der Waals surface area (Å²) in [7, 11) is 0. The van der Waals surface area contributed by atoms with Gasteiger partial charge in [-0.1, -0.05) is 18.9 Å². The van der Waals surface area contributed by atoms with E-state index < -0.39 is 5.97 Å². The number of nitrogens with one attached hydrogen (secondary N) is 2. The van der Waals surface area contributed by atoms with Crippen LogP contribution in [0.2, 0.25) is 0 Å². The summed E-state index contributed by atoms with van der Waals surface area (Å²) < 4.78 is 0. The molecule has 2 fully saturated rings. The van der Waals surface area contributed by atoms with Crippen molar-refractivity contribution in [1.29, 1.82) is 0 Å². The molecule has 1 aliphatic carbocycles. The van der Waals surface area contributed by atoms with Crippen LogP contribution in [0, 0.1) is 5.92 Å². The van der Waals surface area contributed by atoms with Crippen LogP contribution in [-0.2, 0) is 4.79 Å². The molecule has 2 aliphatic rings. The Bertz CT molecular complexity index is 618. The van der Waals surface area contributed by atoms with Crippen molar-refractivity contribution in [3.05, 3.63) is 24.3 Å². The van der Waals surface area contributed by atoms with Gasteiger partial charge in [-0.2, -0.15) is 0 Å². The number of carboxylic acids is 1. The van der Waals surface area contributed by atoms with Gasteiger partial charge in [0, 0.05) is 30.5 Å². The van der Waals surface area contributed by atoms with E-state index in [1.807, 2.05) is 18.2 Å². The number of rotatable bonds is 4. The number of aliphatic carboxylic acids is 1. The van der Waals surface area contributed by atoms with Gasteiger partial charge in [-0.15, -0.1) is 0 Å². The average molecular weight is 359 g/mol. The lowest BCUT2D eigenvalue weighted by Crippen LogP contribution is -2.41. The molecule has 26 heavy (non-hydrogen) atoms. The van der Waals surface area contributed by atoms with Crippen LogP contribution in [0.25, 0.3) is 0 Å². The topological polar surface area (TPSA) is 81.7 Å². The van der Waals surface area contributed by atoms with Crippen molar-refractivity contribution in [2.45, 2.75) is 57.4 Å². The first-order valence-corrected chi connectivity index (χ1v) is 9.77. The quantitative estimate of drug-likeness (QED) is 0.763. The lowest BCUT2D eigenvalue weighted by molar-refractivity contribution is -0.142. The number of carbonyl (C=O) groups is 2. The highest BCUT2D eigenvalue weighted by Crippen LogP contribution is 2.25. The molecule has 1 aliphatic heterocycles. The van der Waals surface area contributed by atoms with Gasteiger partial charge in [0.05, 0.1) is 5.92 Å². The fourth-order valence-electron chi connectivity index (χ4n) is 3.95. The van der Waals surface area contributed by atoms with Crippen LogP contribution in [0.15, 0.2) is 24.3 Å². The Morgan fingerprint density at radius 3 is 2.35 bits per heavy atom. The van der Waals surface area contributed by atoms with Crippen LogP contribution in [0.3, 0.4) is 0 Å². The Balaban J connectivity index is 1.51. The van der Waals surface area contributed by atoms with Gasteiger partial charge in [-0.25, -0.2) is 4.79 Å². The fraction of sp³-hybridized carbons (Fsp3) is 0.600. The van der Waals surface area contributed by atoms with E-state index in [9.17, 15) is 9.59 Å². The lowest BCUT2D eigenvalue weighted by Gasteiger charge is -2.27. The molecule has 0 radical (unpaired) electrons. The first kappa shape index (κ1) is 18.5. The maximum absolute atomic E-state index is 12.3. The van der Waals surface area contributed by atoms with Crippen LogP contribution in [0.1, 0.15) is 51.4 Å². The van der Waals surface area contributed by atoms with Crippen molar-refractivity contribution in [3.63, 3.8) is 0 Å². The Hall–Kier alpha value is -2.24. The molecule has 1 aromatic carbocycles. The third kappa shape index (κ3) is 5.13. The highest BCUT2D eigenvalue weighted by molar-refractivity contribution is 5.90. The first-order valence-electron chi connectivity index (χ1n) is 9.77. The largest absolute Gasteiger partial charge is 0.481 e. The van der Waals surface area contributed by atoms with Crippen LogP contribution in [0.4, 0.5) is 16.2 Å². The van der Waals surface area contributed by atoms with Crippen molar-refractivity contribution < 1.29 is 14.7 Å². The van der Waals surface area contributed by atoms with Gasteiger partial charge in [0.2, 0.25) is 0 Å². The zero-order valence-electron chi connectivity index (χ0n) is 15.2. The maximum Gasteiger partial charge on any atom is 0.319 e. The number of benzene rings is 1. The Labute approximate surface area is 155 Å². The Morgan fingerprint density at radius 2 is 1.69 bits per heavy atom. The van der Waals surface area contributed by atoms with Gasteiger partial charge in [0.1, 0.15) is 0 Å². The molecule has 142 valence electrons. The highest BCUT2D eigenvalue weighted by Gasteiger charge is 2.26. The second kappa shape index (κ2) is 8.92. The van der Waals surface area contributed by atoms with Gasteiger partial charge in [-0.05, 0) is 56.7 Å². The van der Waals surface area contributed by atoms with E-state index in [1.54, 1.807) is 0 Å². The van der Waals surface area contributed by atoms with E-state index in [4.69, 9.17) is 5.11 Å². The molecule has 1 saturated carbocycles. The van der Waals surface area contributed by atoms with Crippen LogP contribution < -0.4 is 15.5 Å². The summed E-state index contributed by atoms with van der Waals surface area (Å²) >= 11 is 0. The molecule has 6 heteroatoms. The second-order valence-electron chi connectivity index (χ2n) is 7.44. The maximum atomic E-state index is 12.3. The molecule has 3 N–H and O–H groups in total. The summed E-state index contributed by atoms with van der Waals surface area (Å²) in [5.41, 5.74) is 1.95.